The molecule has 3 aromatic rings. The largest absolute Gasteiger partial charge is 0.337 e. The van der Waals surface area contributed by atoms with Crippen LogP contribution in [0.3, 0.4) is 0 Å². The molecule has 2 amide bonds. The van der Waals surface area contributed by atoms with E-state index < -0.39 is 0 Å². The lowest BCUT2D eigenvalue weighted by Crippen LogP contribution is -2.39. The second-order valence-electron chi connectivity index (χ2n) is 6.90. The van der Waals surface area contributed by atoms with Gasteiger partial charge in [0.25, 0.3) is 0 Å². The third-order valence-corrected chi connectivity index (χ3v) is 4.24. The zero-order valence-electron chi connectivity index (χ0n) is 16.1. The van der Waals surface area contributed by atoms with Gasteiger partial charge in [-0.2, -0.15) is 4.98 Å². The molecule has 0 aliphatic rings. The molecular formula is C21H24N4O2. The zero-order valence-corrected chi connectivity index (χ0v) is 16.1. The van der Waals surface area contributed by atoms with Crippen LogP contribution in [0.25, 0.3) is 11.4 Å². The highest BCUT2D eigenvalue weighted by atomic mass is 16.5. The van der Waals surface area contributed by atoms with Crippen molar-refractivity contribution in [1.82, 2.24) is 15.0 Å². The quantitative estimate of drug-likeness (QED) is 0.706. The first-order valence-electron chi connectivity index (χ1n) is 8.96. The summed E-state index contributed by atoms with van der Waals surface area (Å²) < 4.78 is 5.37. The zero-order chi connectivity index (χ0) is 19.4. The molecule has 0 unspecified atom stereocenters. The second kappa shape index (κ2) is 8.03. The van der Waals surface area contributed by atoms with Crippen molar-refractivity contribution in [3.63, 3.8) is 0 Å². The van der Waals surface area contributed by atoms with E-state index in [2.05, 4.69) is 15.5 Å². The number of aromatic nitrogens is 2. The Bertz CT molecular complexity index is 916. The number of rotatable bonds is 5. The molecule has 1 aromatic heterocycles. The number of benzene rings is 2. The molecule has 0 saturated carbocycles. The van der Waals surface area contributed by atoms with E-state index in [1.807, 2.05) is 76.2 Å². The fraction of sp³-hybridized carbons (Fsp3) is 0.286. The van der Waals surface area contributed by atoms with Gasteiger partial charge >= 0.3 is 6.03 Å². The maximum Gasteiger partial charge on any atom is 0.322 e. The highest BCUT2D eigenvalue weighted by molar-refractivity contribution is 5.89. The van der Waals surface area contributed by atoms with Crippen molar-refractivity contribution in [2.75, 3.05) is 5.32 Å². The van der Waals surface area contributed by atoms with E-state index >= 15 is 0 Å². The minimum absolute atomic E-state index is 0.0234. The Labute approximate surface area is 159 Å². The molecule has 0 atom stereocenters. The third-order valence-electron chi connectivity index (χ3n) is 4.24. The topological polar surface area (TPSA) is 71.3 Å². The van der Waals surface area contributed by atoms with Crippen LogP contribution in [-0.4, -0.2) is 27.1 Å². The first kappa shape index (κ1) is 18.6. The molecule has 6 heteroatoms. The first-order chi connectivity index (χ1) is 12.9. The van der Waals surface area contributed by atoms with Crippen molar-refractivity contribution in [1.29, 1.82) is 0 Å². The maximum atomic E-state index is 12.7. The Morgan fingerprint density at radius 3 is 2.52 bits per heavy atom. The summed E-state index contributed by atoms with van der Waals surface area (Å²) in [7, 11) is 0. The van der Waals surface area contributed by atoms with Crippen molar-refractivity contribution in [3.8, 4) is 11.4 Å². The molecule has 0 spiro atoms. The molecule has 6 nitrogen and oxygen atoms in total. The summed E-state index contributed by atoms with van der Waals surface area (Å²) in [6.45, 7) is 8.17. The first-order valence-corrected chi connectivity index (χ1v) is 8.96. The number of hydrogen-bond donors (Lipinski definition) is 1. The number of hydrogen-bond acceptors (Lipinski definition) is 4. The summed E-state index contributed by atoms with van der Waals surface area (Å²) in [4.78, 5) is 18.8. The Morgan fingerprint density at radius 1 is 1.11 bits per heavy atom. The summed E-state index contributed by atoms with van der Waals surface area (Å²) in [6, 6.07) is 15.4. The number of nitrogens with zero attached hydrogens (tertiary/aromatic N) is 3. The Morgan fingerprint density at radius 2 is 1.85 bits per heavy atom. The van der Waals surface area contributed by atoms with Crippen LogP contribution < -0.4 is 5.32 Å². The van der Waals surface area contributed by atoms with Crippen LogP contribution in [0.4, 0.5) is 10.5 Å². The van der Waals surface area contributed by atoms with Gasteiger partial charge in [-0.25, -0.2) is 4.79 Å². The molecule has 2 aromatic carbocycles. The van der Waals surface area contributed by atoms with Crippen molar-refractivity contribution in [2.45, 2.75) is 40.3 Å². The summed E-state index contributed by atoms with van der Waals surface area (Å²) in [5, 5.41) is 6.96. The fourth-order valence-electron chi connectivity index (χ4n) is 2.69. The average Bonchev–Trinajstić information content (AvgIpc) is 3.10. The van der Waals surface area contributed by atoms with Crippen LogP contribution in [0.15, 0.2) is 53.1 Å². The van der Waals surface area contributed by atoms with Crippen molar-refractivity contribution in [2.24, 2.45) is 0 Å². The third kappa shape index (κ3) is 4.73. The highest BCUT2D eigenvalue weighted by Crippen LogP contribution is 2.18. The highest BCUT2D eigenvalue weighted by Gasteiger charge is 2.21. The lowest BCUT2D eigenvalue weighted by Gasteiger charge is -2.25. The van der Waals surface area contributed by atoms with E-state index in [9.17, 15) is 4.79 Å². The minimum Gasteiger partial charge on any atom is -0.337 e. The molecular weight excluding hydrogens is 340 g/mol. The maximum absolute atomic E-state index is 12.7. The van der Waals surface area contributed by atoms with Crippen LogP contribution in [0, 0.1) is 13.8 Å². The van der Waals surface area contributed by atoms with E-state index in [0.717, 1.165) is 22.4 Å². The number of nitrogens with one attached hydrogen (secondary N) is 1. The predicted octanol–water partition coefficient (Wildman–Crippen LogP) is 4.80. The number of urea groups is 1. The van der Waals surface area contributed by atoms with Gasteiger partial charge in [-0.15, -0.1) is 0 Å². The standard InChI is InChI=1S/C21H24N4O2/c1-14(2)25(21(26)22-18-10-8-15(3)9-11-18)13-19-23-20(24-27-19)17-7-5-6-16(4)12-17/h5-12,14H,13H2,1-4H3,(H,22,26). The Kier molecular flexibility index (Phi) is 5.54. The van der Waals surface area contributed by atoms with E-state index in [0.29, 0.717) is 11.7 Å². The van der Waals surface area contributed by atoms with Crippen LogP contribution in [0.2, 0.25) is 0 Å². The monoisotopic (exact) mass is 364 g/mol. The van der Waals surface area contributed by atoms with Gasteiger partial charge in [-0.3, -0.25) is 0 Å². The summed E-state index contributed by atoms with van der Waals surface area (Å²) >= 11 is 0. The van der Waals surface area contributed by atoms with Gasteiger partial charge in [-0.1, -0.05) is 46.6 Å². The van der Waals surface area contributed by atoms with Crippen molar-refractivity contribution >= 4 is 11.7 Å². The summed E-state index contributed by atoms with van der Waals surface area (Å²) in [5.41, 5.74) is 3.91. The lowest BCUT2D eigenvalue weighted by atomic mass is 10.1. The van der Waals surface area contributed by atoms with Gasteiger partial charge in [0.15, 0.2) is 0 Å². The summed E-state index contributed by atoms with van der Waals surface area (Å²) in [6.07, 6.45) is 0. The van der Waals surface area contributed by atoms with Crippen molar-refractivity contribution in [3.05, 3.63) is 65.5 Å². The molecule has 3 rings (SSSR count). The molecule has 27 heavy (non-hydrogen) atoms. The number of carbonyl (C=O) groups is 1. The number of amides is 2. The molecule has 0 saturated heterocycles. The van der Waals surface area contributed by atoms with Gasteiger partial charge < -0.3 is 14.7 Å². The smallest absolute Gasteiger partial charge is 0.322 e. The number of carbonyl (C=O) groups excluding carboxylic acids is 1. The van der Waals surface area contributed by atoms with Gasteiger partial charge in [0, 0.05) is 17.3 Å². The normalized spacial score (nSPS) is 10.9. The van der Waals surface area contributed by atoms with Gasteiger partial charge in [0.2, 0.25) is 11.7 Å². The fourth-order valence-corrected chi connectivity index (χ4v) is 2.69. The second-order valence-corrected chi connectivity index (χ2v) is 6.90. The number of anilines is 1. The molecule has 0 bridgehead atoms. The van der Waals surface area contributed by atoms with E-state index in [1.54, 1.807) is 4.90 Å². The Hall–Kier alpha value is -3.15. The number of aryl methyl sites for hydroxylation is 2. The van der Waals surface area contributed by atoms with E-state index in [1.165, 1.54) is 0 Å². The lowest BCUT2D eigenvalue weighted by molar-refractivity contribution is 0.182. The van der Waals surface area contributed by atoms with Crippen LogP contribution >= 0.6 is 0 Å². The van der Waals surface area contributed by atoms with Crippen molar-refractivity contribution < 1.29 is 9.32 Å². The molecule has 0 radical (unpaired) electrons. The van der Waals surface area contributed by atoms with Gasteiger partial charge in [0.05, 0.1) is 0 Å². The minimum atomic E-state index is -0.204. The molecule has 1 N–H and O–H groups in total. The van der Waals surface area contributed by atoms with E-state index in [4.69, 9.17) is 4.52 Å². The molecule has 0 fully saturated rings. The van der Waals surface area contributed by atoms with E-state index in [-0.39, 0.29) is 18.6 Å². The molecule has 0 aliphatic carbocycles. The SMILES string of the molecule is Cc1ccc(NC(=O)N(Cc2nc(-c3cccc(C)c3)no2)C(C)C)cc1. The van der Waals surface area contributed by atoms with Gasteiger partial charge in [0.1, 0.15) is 6.54 Å². The predicted molar refractivity (Wildman–Crippen MR) is 105 cm³/mol. The molecule has 1 heterocycles. The summed E-state index contributed by atoms with van der Waals surface area (Å²) in [5.74, 6) is 0.926. The molecule has 0 aliphatic heterocycles. The van der Waals surface area contributed by atoms with Crippen LogP contribution in [0.1, 0.15) is 30.9 Å². The Balaban J connectivity index is 1.73. The molecule has 140 valence electrons. The van der Waals surface area contributed by atoms with Crippen LogP contribution in [-0.2, 0) is 6.54 Å². The average molecular weight is 364 g/mol. The van der Waals surface area contributed by atoms with Gasteiger partial charge in [-0.05, 0) is 45.9 Å². The van der Waals surface area contributed by atoms with Crippen LogP contribution in [0.5, 0.6) is 0 Å².